The molecule has 128 valence electrons. The molecule has 0 radical (unpaired) electrons. The summed E-state index contributed by atoms with van der Waals surface area (Å²) in [6.45, 7) is 5.64. The van der Waals surface area contributed by atoms with Gasteiger partial charge in [-0.05, 0) is 25.0 Å². The fraction of sp³-hybridized carbons (Fsp3) is 0.684. The van der Waals surface area contributed by atoms with E-state index in [4.69, 9.17) is 4.74 Å². The van der Waals surface area contributed by atoms with Crippen LogP contribution in [0, 0.1) is 0 Å². The molecule has 2 fully saturated rings. The molecule has 23 heavy (non-hydrogen) atoms. The van der Waals surface area contributed by atoms with E-state index in [-0.39, 0.29) is 6.10 Å². The van der Waals surface area contributed by atoms with Crippen LogP contribution in [0.15, 0.2) is 30.3 Å². The molecule has 0 spiro atoms. The number of nitrogens with zero attached hydrogens (tertiary/aromatic N) is 1. The highest BCUT2D eigenvalue weighted by atomic mass is 16.5. The average molecular weight is 319 g/mol. The zero-order valence-corrected chi connectivity index (χ0v) is 14.1. The van der Waals surface area contributed by atoms with Crippen LogP contribution in [0.4, 0.5) is 5.69 Å². The maximum absolute atomic E-state index is 10.3. The Kier molecular flexibility index (Phi) is 6.31. The van der Waals surface area contributed by atoms with Gasteiger partial charge in [0.1, 0.15) is 12.6 Å². The van der Waals surface area contributed by atoms with E-state index in [9.17, 15) is 5.11 Å². The first-order valence-electron chi connectivity index (χ1n) is 9.24. The molecule has 1 aliphatic carbocycles. The highest BCUT2D eigenvalue weighted by Gasteiger charge is 2.23. The van der Waals surface area contributed by atoms with Gasteiger partial charge in [0.15, 0.2) is 0 Å². The van der Waals surface area contributed by atoms with Gasteiger partial charge in [-0.15, -0.1) is 0 Å². The molecule has 4 nitrogen and oxygen atoms in total. The maximum atomic E-state index is 10.3. The predicted molar refractivity (Wildman–Crippen MR) is 93.1 cm³/mol. The van der Waals surface area contributed by atoms with Crippen LogP contribution in [-0.4, -0.2) is 56.6 Å². The van der Waals surface area contributed by atoms with E-state index < -0.39 is 0 Å². The van der Waals surface area contributed by atoms with Gasteiger partial charge in [0, 0.05) is 5.69 Å². The molecular weight excluding hydrogens is 288 g/mol. The Bertz CT molecular complexity index is 440. The number of benzene rings is 1. The summed E-state index contributed by atoms with van der Waals surface area (Å²) in [5.74, 6) is 0. The topological polar surface area (TPSA) is 37.1 Å². The highest BCUT2D eigenvalue weighted by molar-refractivity contribution is 5.45. The molecule has 1 saturated carbocycles. The summed E-state index contributed by atoms with van der Waals surface area (Å²) in [4.78, 5) is 3.94. The lowest BCUT2D eigenvalue weighted by atomic mass is 9.98. The number of hydrogen-bond donors (Lipinski definition) is 2. The van der Waals surface area contributed by atoms with E-state index >= 15 is 0 Å². The molecule has 0 aromatic heterocycles. The number of aliphatic hydroxyl groups is 1. The van der Waals surface area contributed by atoms with Gasteiger partial charge in [0.2, 0.25) is 0 Å². The van der Waals surface area contributed by atoms with Gasteiger partial charge >= 0.3 is 0 Å². The van der Waals surface area contributed by atoms with Crippen molar-refractivity contribution in [1.29, 1.82) is 0 Å². The van der Waals surface area contributed by atoms with Crippen LogP contribution in [0.1, 0.15) is 32.1 Å². The normalized spacial score (nSPS) is 22.2. The van der Waals surface area contributed by atoms with Gasteiger partial charge in [0.05, 0.1) is 38.9 Å². The predicted octanol–water partition coefficient (Wildman–Crippen LogP) is 1.10. The zero-order chi connectivity index (χ0) is 15.9. The van der Waals surface area contributed by atoms with Crippen molar-refractivity contribution in [3.05, 3.63) is 30.3 Å². The summed E-state index contributed by atoms with van der Waals surface area (Å²) in [6, 6.07) is 10.6. The maximum Gasteiger partial charge on any atom is 0.126 e. The number of hydrogen-bond acceptors (Lipinski definition) is 3. The first-order chi connectivity index (χ1) is 11.3. The van der Waals surface area contributed by atoms with Crippen molar-refractivity contribution < 1.29 is 14.7 Å². The Balaban J connectivity index is 1.35. The Labute approximate surface area is 140 Å². The number of ether oxygens (including phenoxy) is 1. The van der Waals surface area contributed by atoms with Crippen molar-refractivity contribution in [1.82, 2.24) is 0 Å². The van der Waals surface area contributed by atoms with Crippen molar-refractivity contribution in [2.45, 2.75) is 44.3 Å². The van der Waals surface area contributed by atoms with Crippen LogP contribution in [0.3, 0.4) is 0 Å². The molecule has 1 aliphatic heterocycles. The summed E-state index contributed by atoms with van der Waals surface area (Å²) in [5.41, 5.74) is 1.31. The van der Waals surface area contributed by atoms with E-state index in [1.165, 1.54) is 42.7 Å². The summed E-state index contributed by atoms with van der Waals surface area (Å²) in [5, 5.41) is 10.3. The van der Waals surface area contributed by atoms with E-state index in [0.717, 1.165) is 32.7 Å². The summed E-state index contributed by atoms with van der Waals surface area (Å²) < 4.78 is 5.90. The van der Waals surface area contributed by atoms with Crippen LogP contribution in [0.5, 0.6) is 0 Å². The van der Waals surface area contributed by atoms with Gasteiger partial charge in [0.25, 0.3) is 0 Å². The Morgan fingerprint density at radius 3 is 2.48 bits per heavy atom. The number of piperazine rings is 1. The lowest BCUT2D eigenvalue weighted by Crippen LogP contribution is -3.16. The van der Waals surface area contributed by atoms with Crippen LogP contribution in [0.25, 0.3) is 0 Å². The second-order valence-electron chi connectivity index (χ2n) is 7.02. The molecule has 1 heterocycles. The Morgan fingerprint density at radius 2 is 1.78 bits per heavy atom. The molecule has 0 unspecified atom stereocenters. The molecule has 1 saturated heterocycles. The third kappa shape index (κ3) is 5.20. The monoisotopic (exact) mass is 319 g/mol. The number of para-hydroxylation sites is 1. The van der Waals surface area contributed by atoms with Crippen LogP contribution < -0.4 is 9.80 Å². The SMILES string of the molecule is O[C@@H](COC1CCCCC1)C[NH+]1CCN(c2ccccc2)CC1. The van der Waals surface area contributed by atoms with Crippen LogP contribution >= 0.6 is 0 Å². The number of anilines is 1. The third-order valence-electron chi connectivity index (χ3n) is 5.19. The number of quaternary nitrogens is 1. The van der Waals surface area contributed by atoms with Crippen molar-refractivity contribution in [3.63, 3.8) is 0 Å². The second kappa shape index (κ2) is 8.67. The summed E-state index contributed by atoms with van der Waals surface area (Å²) in [7, 11) is 0. The molecule has 0 bridgehead atoms. The standard InChI is InChI=1S/C19H30N2O2/c22-18(16-23-19-9-5-2-6-10-19)15-20-11-13-21(14-12-20)17-7-3-1-4-8-17/h1,3-4,7-8,18-19,22H,2,5-6,9-16H2/p+1/t18-/m1/s1. The van der Waals surface area contributed by atoms with Gasteiger partial charge in [-0.25, -0.2) is 0 Å². The molecule has 1 aromatic rings. The van der Waals surface area contributed by atoms with Crippen molar-refractivity contribution >= 4 is 5.69 Å². The fourth-order valence-electron chi connectivity index (χ4n) is 3.80. The minimum Gasteiger partial charge on any atom is -0.385 e. The zero-order valence-electron chi connectivity index (χ0n) is 14.1. The first kappa shape index (κ1) is 16.7. The third-order valence-corrected chi connectivity index (χ3v) is 5.19. The summed E-state index contributed by atoms with van der Waals surface area (Å²) in [6.07, 6.45) is 6.34. The quantitative estimate of drug-likeness (QED) is 0.825. The first-order valence-corrected chi connectivity index (χ1v) is 9.24. The summed E-state index contributed by atoms with van der Waals surface area (Å²) >= 11 is 0. The molecule has 4 heteroatoms. The molecule has 2 N–H and O–H groups in total. The van der Waals surface area contributed by atoms with Crippen molar-refractivity contribution in [2.24, 2.45) is 0 Å². The number of aliphatic hydroxyl groups excluding tert-OH is 1. The second-order valence-corrected chi connectivity index (χ2v) is 7.02. The minimum absolute atomic E-state index is 0.324. The highest BCUT2D eigenvalue weighted by Crippen LogP contribution is 2.20. The fourth-order valence-corrected chi connectivity index (χ4v) is 3.80. The van der Waals surface area contributed by atoms with Crippen molar-refractivity contribution in [3.8, 4) is 0 Å². The van der Waals surface area contributed by atoms with Crippen LogP contribution in [-0.2, 0) is 4.74 Å². The van der Waals surface area contributed by atoms with Crippen LogP contribution in [0.2, 0.25) is 0 Å². The minimum atomic E-state index is -0.324. The largest absolute Gasteiger partial charge is 0.385 e. The van der Waals surface area contributed by atoms with E-state index in [0.29, 0.717) is 12.7 Å². The number of rotatable bonds is 6. The lowest BCUT2D eigenvalue weighted by molar-refractivity contribution is -0.903. The smallest absolute Gasteiger partial charge is 0.126 e. The molecular formula is C19H31N2O2+. The molecule has 2 aliphatic rings. The molecule has 1 aromatic carbocycles. The van der Waals surface area contributed by atoms with Gasteiger partial charge < -0.3 is 19.6 Å². The van der Waals surface area contributed by atoms with E-state index in [2.05, 4.69) is 35.2 Å². The van der Waals surface area contributed by atoms with Crippen molar-refractivity contribution in [2.75, 3.05) is 44.2 Å². The lowest BCUT2D eigenvalue weighted by Gasteiger charge is -2.34. The number of nitrogens with one attached hydrogen (secondary N) is 1. The van der Waals surface area contributed by atoms with Gasteiger partial charge in [-0.1, -0.05) is 37.5 Å². The van der Waals surface area contributed by atoms with Gasteiger partial charge in [-0.3, -0.25) is 0 Å². The average Bonchev–Trinajstić information content (AvgIpc) is 2.62. The van der Waals surface area contributed by atoms with E-state index in [1.807, 2.05) is 0 Å². The van der Waals surface area contributed by atoms with Gasteiger partial charge in [-0.2, -0.15) is 0 Å². The Hall–Kier alpha value is -1.10. The molecule has 3 rings (SSSR count). The molecule has 0 amide bonds. The Morgan fingerprint density at radius 1 is 1.09 bits per heavy atom. The van der Waals surface area contributed by atoms with E-state index in [1.54, 1.807) is 0 Å². The molecule has 1 atom stereocenters.